The van der Waals surface area contributed by atoms with Crippen LogP contribution in [0.5, 0.6) is 0 Å². The predicted molar refractivity (Wildman–Crippen MR) is 102 cm³/mol. The Labute approximate surface area is 157 Å². The summed E-state index contributed by atoms with van der Waals surface area (Å²) in [6.45, 7) is 1.88. The lowest BCUT2D eigenvalue weighted by Gasteiger charge is -2.06. The van der Waals surface area contributed by atoms with E-state index in [1.54, 1.807) is 60.1 Å². The van der Waals surface area contributed by atoms with E-state index >= 15 is 0 Å². The van der Waals surface area contributed by atoms with Crippen LogP contribution in [0.4, 0.5) is 0 Å². The van der Waals surface area contributed by atoms with E-state index in [4.69, 9.17) is 0 Å². The molecule has 0 spiro atoms. The van der Waals surface area contributed by atoms with Crippen LogP contribution in [0, 0.1) is 11.3 Å². The Bertz CT molecular complexity index is 1060. The molecule has 1 N–H and O–H groups in total. The Morgan fingerprint density at radius 3 is 2.15 bits per heavy atom. The molecule has 0 fully saturated rings. The highest BCUT2D eigenvalue weighted by Gasteiger charge is 2.25. The van der Waals surface area contributed by atoms with E-state index in [2.05, 4.69) is 6.07 Å². The van der Waals surface area contributed by atoms with Crippen molar-refractivity contribution in [2.75, 3.05) is 0 Å². The number of carbonyl (C=O) groups is 2. The van der Waals surface area contributed by atoms with Gasteiger partial charge in [-0.25, -0.2) is 4.79 Å². The number of benzene rings is 2. The van der Waals surface area contributed by atoms with Crippen molar-refractivity contribution in [1.82, 2.24) is 4.57 Å². The Balaban J connectivity index is 2.10. The molecule has 1 heterocycles. The molecule has 0 aliphatic rings. The molecule has 0 saturated carbocycles. The molecule has 5 nitrogen and oxygen atoms in total. The molecule has 0 amide bonds. The van der Waals surface area contributed by atoms with Crippen molar-refractivity contribution >= 4 is 11.8 Å². The van der Waals surface area contributed by atoms with Gasteiger partial charge < -0.3 is 9.67 Å². The molecule has 0 unspecified atom stereocenters. The second-order valence-electron chi connectivity index (χ2n) is 6.15. The average molecular weight is 358 g/mol. The number of aromatic nitrogens is 1. The minimum Gasteiger partial charge on any atom is -0.477 e. The maximum Gasteiger partial charge on any atom is 0.353 e. The Morgan fingerprint density at radius 1 is 1.04 bits per heavy atom. The van der Waals surface area contributed by atoms with Crippen molar-refractivity contribution in [1.29, 1.82) is 5.26 Å². The third kappa shape index (κ3) is 3.13. The third-order valence-corrected chi connectivity index (χ3v) is 4.64. The summed E-state index contributed by atoms with van der Waals surface area (Å²) in [7, 11) is 1.65. The number of nitrogens with zero attached hydrogens (tertiary/aromatic N) is 2. The van der Waals surface area contributed by atoms with E-state index in [0.717, 1.165) is 0 Å². The number of hydrogen-bond acceptors (Lipinski definition) is 3. The van der Waals surface area contributed by atoms with Crippen LogP contribution in [-0.2, 0) is 13.5 Å². The lowest BCUT2D eigenvalue weighted by atomic mass is 9.96. The molecule has 0 radical (unpaired) electrons. The number of carboxylic acid groups (broad SMARTS) is 1. The van der Waals surface area contributed by atoms with Crippen LogP contribution in [0.15, 0.2) is 54.6 Å². The van der Waals surface area contributed by atoms with Crippen LogP contribution in [0.1, 0.15) is 44.6 Å². The van der Waals surface area contributed by atoms with Gasteiger partial charge in [0.05, 0.1) is 5.56 Å². The maximum atomic E-state index is 12.5. The predicted octanol–water partition coefficient (Wildman–Crippen LogP) is 4.06. The summed E-state index contributed by atoms with van der Waals surface area (Å²) >= 11 is 0. The molecule has 2 aromatic carbocycles. The molecule has 1 aromatic heterocycles. The van der Waals surface area contributed by atoms with Crippen LogP contribution in [0.3, 0.4) is 0 Å². The molecule has 0 atom stereocenters. The van der Waals surface area contributed by atoms with E-state index in [1.165, 1.54) is 0 Å². The zero-order valence-corrected chi connectivity index (χ0v) is 15.1. The van der Waals surface area contributed by atoms with Gasteiger partial charge in [0, 0.05) is 29.4 Å². The number of carboxylic acids is 1. The first kappa shape index (κ1) is 18.2. The zero-order chi connectivity index (χ0) is 19.6. The molecule has 0 bridgehead atoms. The summed E-state index contributed by atoms with van der Waals surface area (Å²) in [5.41, 5.74) is 3.19. The smallest absolute Gasteiger partial charge is 0.353 e. The molecule has 134 valence electrons. The molecule has 0 aliphatic heterocycles. The summed E-state index contributed by atoms with van der Waals surface area (Å²) in [6, 6.07) is 17.8. The number of rotatable bonds is 5. The van der Waals surface area contributed by atoms with E-state index in [1.807, 2.05) is 13.0 Å². The maximum absolute atomic E-state index is 12.5. The minimum absolute atomic E-state index is 0.0746. The van der Waals surface area contributed by atoms with Crippen molar-refractivity contribution in [3.63, 3.8) is 0 Å². The molecular formula is C22H18N2O3. The van der Waals surface area contributed by atoms with Gasteiger partial charge in [0.1, 0.15) is 11.8 Å². The molecule has 0 aliphatic carbocycles. The summed E-state index contributed by atoms with van der Waals surface area (Å²) in [4.78, 5) is 24.3. The van der Waals surface area contributed by atoms with Gasteiger partial charge in [-0.15, -0.1) is 0 Å². The van der Waals surface area contributed by atoms with E-state index in [0.29, 0.717) is 39.9 Å². The van der Waals surface area contributed by atoms with Gasteiger partial charge in [-0.05, 0) is 12.0 Å². The Morgan fingerprint density at radius 2 is 1.63 bits per heavy atom. The fourth-order valence-corrected chi connectivity index (χ4v) is 3.34. The summed E-state index contributed by atoms with van der Waals surface area (Å²) < 4.78 is 1.55. The molecule has 3 aromatic rings. The van der Waals surface area contributed by atoms with Crippen molar-refractivity contribution in [2.24, 2.45) is 7.05 Å². The standard InChI is InChI=1S/C22H18N2O3/c1-3-18-17(13-23)19(20(22(26)27)24(18)2)14-9-11-16(12-10-14)21(25)15-7-5-4-6-8-15/h4-12H,3H2,1-2H3,(H,26,27). The molecule has 27 heavy (non-hydrogen) atoms. The third-order valence-electron chi connectivity index (χ3n) is 4.64. The first-order valence-corrected chi connectivity index (χ1v) is 8.54. The lowest BCUT2D eigenvalue weighted by molar-refractivity contribution is 0.0687. The Kier molecular flexibility index (Phi) is 4.91. The molecule has 0 saturated heterocycles. The molecule has 5 heteroatoms. The number of carbonyl (C=O) groups excluding carboxylic acids is 1. The second kappa shape index (κ2) is 7.30. The van der Waals surface area contributed by atoms with Crippen molar-refractivity contribution in [3.05, 3.63) is 82.7 Å². The summed E-state index contributed by atoms with van der Waals surface area (Å²) in [5, 5.41) is 19.2. The van der Waals surface area contributed by atoms with Gasteiger partial charge >= 0.3 is 5.97 Å². The van der Waals surface area contributed by atoms with Crippen LogP contribution in [0.2, 0.25) is 0 Å². The van der Waals surface area contributed by atoms with E-state index in [9.17, 15) is 20.0 Å². The summed E-state index contributed by atoms with van der Waals surface area (Å²) in [6.07, 6.45) is 0.546. The van der Waals surface area contributed by atoms with Crippen molar-refractivity contribution < 1.29 is 14.7 Å². The topological polar surface area (TPSA) is 83.1 Å². The van der Waals surface area contributed by atoms with E-state index in [-0.39, 0.29) is 11.5 Å². The van der Waals surface area contributed by atoms with Gasteiger partial charge in [0.15, 0.2) is 5.78 Å². The average Bonchev–Trinajstić information content (AvgIpc) is 2.99. The summed E-state index contributed by atoms with van der Waals surface area (Å²) in [5.74, 6) is -1.20. The number of aromatic carboxylic acids is 1. The highest BCUT2D eigenvalue weighted by atomic mass is 16.4. The number of ketones is 1. The van der Waals surface area contributed by atoms with Crippen LogP contribution in [0.25, 0.3) is 11.1 Å². The highest BCUT2D eigenvalue weighted by Crippen LogP contribution is 2.33. The zero-order valence-electron chi connectivity index (χ0n) is 15.1. The molecular weight excluding hydrogens is 340 g/mol. The van der Waals surface area contributed by atoms with Crippen molar-refractivity contribution in [2.45, 2.75) is 13.3 Å². The van der Waals surface area contributed by atoms with Gasteiger partial charge in [-0.1, -0.05) is 61.5 Å². The minimum atomic E-state index is -1.09. The van der Waals surface area contributed by atoms with Gasteiger partial charge in [-0.3, -0.25) is 4.79 Å². The van der Waals surface area contributed by atoms with Gasteiger partial charge in [0.2, 0.25) is 0 Å². The van der Waals surface area contributed by atoms with Gasteiger partial charge in [0.25, 0.3) is 0 Å². The first-order chi connectivity index (χ1) is 13.0. The Hall–Kier alpha value is -3.65. The van der Waals surface area contributed by atoms with Crippen LogP contribution < -0.4 is 0 Å². The molecule has 3 rings (SSSR count). The number of hydrogen-bond donors (Lipinski definition) is 1. The monoisotopic (exact) mass is 358 g/mol. The highest BCUT2D eigenvalue weighted by molar-refractivity contribution is 6.09. The lowest BCUT2D eigenvalue weighted by Crippen LogP contribution is -2.07. The van der Waals surface area contributed by atoms with Crippen LogP contribution in [-0.4, -0.2) is 21.4 Å². The largest absolute Gasteiger partial charge is 0.477 e. The normalized spacial score (nSPS) is 10.4. The fraction of sp³-hybridized carbons (Fsp3) is 0.136. The quantitative estimate of drug-likeness (QED) is 0.697. The SMILES string of the molecule is CCc1c(C#N)c(-c2ccc(C(=O)c3ccccc3)cc2)c(C(=O)O)n1C. The number of nitriles is 1. The second-order valence-corrected chi connectivity index (χ2v) is 6.15. The van der Waals surface area contributed by atoms with Gasteiger partial charge in [-0.2, -0.15) is 5.26 Å². The van der Waals surface area contributed by atoms with Crippen LogP contribution >= 0.6 is 0 Å². The van der Waals surface area contributed by atoms with Crippen molar-refractivity contribution in [3.8, 4) is 17.2 Å². The van der Waals surface area contributed by atoms with E-state index < -0.39 is 5.97 Å². The first-order valence-electron chi connectivity index (χ1n) is 8.54. The fourth-order valence-electron chi connectivity index (χ4n) is 3.34.